The van der Waals surface area contributed by atoms with E-state index in [1.54, 1.807) is 6.07 Å². The van der Waals surface area contributed by atoms with Crippen molar-refractivity contribution in [1.82, 2.24) is 10.3 Å². The molecule has 19 heavy (non-hydrogen) atoms. The van der Waals surface area contributed by atoms with Crippen LogP contribution in [0.15, 0.2) is 35.5 Å². The van der Waals surface area contributed by atoms with Crippen molar-refractivity contribution < 1.29 is 19.4 Å². The summed E-state index contributed by atoms with van der Waals surface area (Å²) in [5.74, 6) is -1.74. The molecule has 0 aromatic carbocycles. The molecular formula is C12H13BrN2O4. The number of pyridine rings is 1. The van der Waals surface area contributed by atoms with Crippen molar-refractivity contribution in [2.45, 2.75) is 6.04 Å². The van der Waals surface area contributed by atoms with Crippen LogP contribution in [0.3, 0.4) is 0 Å². The fourth-order valence-corrected chi connectivity index (χ4v) is 1.42. The summed E-state index contributed by atoms with van der Waals surface area (Å²) in [6.45, 7) is 3.53. The molecule has 1 aromatic rings. The van der Waals surface area contributed by atoms with Crippen molar-refractivity contribution in [2.75, 3.05) is 13.2 Å². The minimum absolute atomic E-state index is 0.135. The molecule has 1 rings (SSSR count). The first kappa shape index (κ1) is 15.3. The van der Waals surface area contributed by atoms with Crippen LogP contribution in [0.2, 0.25) is 0 Å². The standard InChI is InChI=1S/C12H13BrN2O4/c1-2-5-19-7-10(12(17)18)15-11(16)9-4-3-8(13)6-14-9/h2-4,6,10H,1,5,7H2,(H,15,16)(H,17,18). The minimum Gasteiger partial charge on any atom is -0.480 e. The molecule has 0 saturated carbocycles. The Bertz CT molecular complexity index is 461. The van der Waals surface area contributed by atoms with Crippen LogP contribution in [-0.2, 0) is 9.53 Å². The highest BCUT2D eigenvalue weighted by Crippen LogP contribution is 2.07. The summed E-state index contributed by atoms with van der Waals surface area (Å²) >= 11 is 3.19. The van der Waals surface area contributed by atoms with Crippen LogP contribution >= 0.6 is 15.9 Å². The summed E-state index contributed by atoms with van der Waals surface area (Å²) in [6, 6.07) is 2.01. The van der Waals surface area contributed by atoms with Crippen LogP contribution in [0, 0.1) is 0 Å². The van der Waals surface area contributed by atoms with E-state index >= 15 is 0 Å². The van der Waals surface area contributed by atoms with E-state index in [4.69, 9.17) is 9.84 Å². The van der Waals surface area contributed by atoms with Gasteiger partial charge < -0.3 is 15.2 Å². The largest absolute Gasteiger partial charge is 0.480 e. The number of carbonyl (C=O) groups excluding carboxylic acids is 1. The molecule has 1 aromatic heterocycles. The third-order valence-corrected chi connectivity index (χ3v) is 2.55. The number of hydrogen-bond acceptors (Lipinski definition) is 4. The van der Waals surface area contributed by atoms with Gasteiger partial charge in [0.05, 0.1) is 13.2 Å². The Morgan fingerprint density at radius 2 is 2.32 bits per heavy atom. The van der Waals surface area contributed by atoms with Gasteiger partial charge in [-0.1, -0.05) is 6.08 Å². The summed E-state index contributed by atoms with van der Waals surface area (Å²) in [6.07, 6.45) is 2.95. The number of amides is 1. The predicted molar refractivity (Wildman–Crippen MR) is 71.8 cm³/mol. The predicted octanol–water partition coefficient (Wildman–Crippen LogP) is 1.23. The summed E-state index contributed by atoms with van der Waals surface area (Å²) < 4.78 is 5.75. The molecule has 7 heteroatoms. The number of rotatable bonds is 7. The third-order valence-electron chi connectivity index (χ3n) is 2.08. The Morgan fingerprint density at radius 1 is 1.58 bits per heavy atom. The number of hydrogen-bond donors (Lipinski definition) is 2. The Morgan fingerprint density at radius 3 is 2.84 bits per heavy atom. The molecule has 2 N–H and O–H groups in total. The van der Waals surface area contributed by atoms with Crippen LogP contribution in [0.5, 0.6) is 0 Å². The van der Waals surface area contributed by atoms with Gasteiger partial charge in [-0.2, -0.15) is 0 Å². The van der Waals surface area contributed by atoms with Crippen LogP contribution in [0.25, 0.3) is 0 Å². The smallest absolute Gasteiger partial charge is 0.328 e. The highest BCUT2D eigenvalue weighted by Gasteiger charge is 2.21. The quantitative estimate of drug-likeness (QED) is 0.580. The van der Waals surface area contributed by atoms with Crippen molar-refractivity contribution >= 4 is 27.8 Å². The molecular weight excluding hydrogens is 316 g/mol. The number of carbonyl (C=O) groups is 2. The van der Waals surface area contributed by atoms with Crippen molar-refractivity contribution in [2.24, 2.45) is 0 Å². The van der Waals surface area contributed by atoms with E-state index in [9.17, 15) is 9.59 Å². The van der Waals surface area contributed by atoms with Crippen molar-refractivity contribution in [3.05, 3.63) is 41.2 Å². The second-order valence-corrected chi connectivity index (χ2v) is 4.47. The molecule has 0 fully saturated rings. The number of halogens is 1. The van der Waals surface area contributed by atoms with Crippen molar-refractivity contribution in [3.63, 3.8) is 0 Å². The lowest BCUT2D eigenvalue weighted by molar-refractivity contribution is -0.140. The maximum absolute atomic E-state index is 11.8. The summed E-state index contributed by atoms with van der Waals surface area (Å²) in [5, 5.41) is 11.3. The van der Waals surface area contributed by atoms with E-state index in [0.29, 0.717) is 0 Å². The van der Waals surface area contributed by atoms with Gasteiger partial charge in [0.15, 0.2) is 6.04 Å². The van der Waals surface area contributed by atoms with E-state index in [2.05, 4.69) is 32.8 Å². The van der Waals surface area contributed by atoms with E-state index in [1.165, 1.54) is 18.3 Å². The Kier molecular flexibility index (Phi) is 6.17. The molecule has 1 amide bonds. The average molecular weight is 329 g/mol. The Balaban J connectivity index is 2.62. The monoisotopic (exact) mass is 328 g/mol. The second-order valence-electron chi connectivity index (χ2n) is 3.55. The number of aliphatic carboxylic acids is 1. The number of carboxylic acids is 1. The summed E-state index contributed by atoms with van der Waals surface area (Å²) in [4.78, 5) is 26.6. The molecule has 0 aliphatic carbocycles. The van der Waals surface area contributed by atoms with Gasteiger partial charge in [-0.25, -0.2) is 9.78 Å². The normalized spacial score (nSPS) is 11.6. The molecule has 0 spiro atoms. The Labute approximate surface area is 118 Å². The zero-order valence-corrected chi connectivity index (χ0v) is 11.6. The van der Waals surface area contributed by atoms with Gasteiger partial charge in [-0.3, -0.25) is 4.79 Å². The maximum Gasteiger partial charge on any atom is 0.328 e. The number of carboxylic acid groups (broad SMARTS) is 1. The highest BCUT2D eigenvalue weighted by atomic mass is 79.9. The van der Waals surface area contributed by atoms with Crippen LogP contribution in [0.1, 0.15) is 10.5 Å². The zero-order chi connectivity index (χ0) is 14.3. The third kappa shape index (κ3) is 5.19. The van der Waals surface area contributed by atoms with E-state index < -0.39 is 17.9 Å². The molecule has 1 heterocycles. The molecule has 1 unspecified atom stereocenters. The summed E-state index contributed by atoms with van der Waals surface area (Å²) in [5.41, 5.74) is 0.137. The fraction of sp³-hybridized carbons (Fsp3) is 0.250. The number of aromatic nitrogens is 1. The first-order valence-electron chi connectivity index (χ1n) is 5.38. The number of nitrogens with zero attached hydrogens (tertiary/aromatic N) is 1. The van der Waals surface area contributed by atoms with Crippen LogP contribution in [-0.4, -0.2) is 41.2 Å². The number of nitrogens with one attached hydrogen (secondary N) is 1. The van der Waals surface area contributed by atoms with Gasteiger partial charge in [-0.15, -0.1) is 6.58 Å². The Hall–Kier alpha value is -1.73. The highest BCUT2D eigenvalue weighted by molar-refractivity contribution is 9.10. The van der Waals surface area contributed by atoms with Gasteiger partial charge in [-0.05, 0) is 28.1 Å². The van der Waals surface area contributed by atoms with Gasteiger partial charge >= 0.3 is 5.97 Å². The first-order chi connectivity index (χ1) is 9.04. The number of ether oxygens (including phenoxy) is 1. The van der Waals surface area contributed by atoms with Crippen LogP contribution < -0.4 is 5.32 Å². The molecule has 0 aliphatic rings. The lowest BCUT2D eigenvalue weighted by Gasteiger charge is -2.13. The first-order valence-corrected chi connectivity index (χ1v) is 6.17. The summed E-state index contributed by atoms with van der Waals surface area (Å²) in [7, 11) is 0. The molecule has 0 radical (unpaired) electrons. The van der Waals surface area contributed by atoms with Crippen LogP contribution in [0.4, 0.5) is 0 Å². The molecule has 1 atom stereocenters. The van der Waals surface area contributed by atoms with Gasteiger partial charge in [0.25, 0.3) is 5.91 Å². The SMILES string of the molecule is C=CCOCC(NC(=O)c1ccc(Br)cn1)C(=O)O. The molecule has 0 saturated heterocycles. The average Bonchev–Trinajstić information content (AvgIpc) is 2.38. The minimum atomic E-state index is -1.17. The zero-order valence-electron chi connectivity index (χ0n) is 10.0. The maximum atomic E-state index is 11.8. The topological polar surface area (TPSA) is 88.5 Å². The molecule has 102 valence electrons. The lowest BCUT2D eigenvalue weighted by atomic mass is 10.2. The van der Waals surface area contributed by atoms with Gasteiger partial charge in [0, 0.05) is 10.7 Å². The van der Waals surface area contributed by atoms with E-state index in [1.807, 2.05) is 0 Å². The fourth-order valence-electron chi connectivity index (χ4n) is 1.19. The van der Waals surface area contributed by atoms with E-state index in [0.717, 1.165) is 4.47 Å². The van der Waals surface area contributed by atoms with Gasteiger partial charge in [0.2, 0.25) is 0 Å². The lowest BCUT2D eigenvalue weighted by Crippen LogP contribution is -2.44. The van der Waals surface area contributed by atoms with E-state index in [-0.39, 0.29) is 18.9 Å². The molecule has 6 nitrogen and oxygen atoms in total. The molecule has 0 aliphatic heterocycles. The van der Waals surface area contributed by atoms with Gasteiger partial charge in [0.1, 0.15) is 5.69 Å². The molecule has 0 bridgehead atoms. The second kappa shape index (κ2) is 7.65. The van der Waals surface area contributed by atoms with Crippen molar-refractivity contribution in [1.29, 1.82) is 0 Å². The van der Waals surface area contributed by atoms with Crippen molar-refractivity contribution in [3.8, 4) is 0 Å².